The number of likely N-dealkylation sites (tertiary alicyclic amines) is 1. The van der Waals surface area contributed by atoms with Gasteiger partial charge in [-0.15, -0.1) is 0 Å². The SMILES string of the molecule is O=C(Nc1cc(F)ccc1F)N1CCC[C@@H]1c1nc(-c2ccccc2)no1. The monoisotopic (exact) mass is 370 g/mol. The van der Waals surface area contributed by atoms with Crippen molar-refractivity contribution in [3.63, 3.8) is 0 Å². The lowest BCUT2D eigenvalue weighted by Gasteiger charge is -2.22. The Kier molecular flexibility index (Phi) is 4.53. The van der Waals surface area contributed by atoms with Crippen molar-refractivity contribution in [2.45, 2.75) is 18.9 Å². The molecule has 1 aliphatic rings. The molecule has 1 saturated heterocycles. The van der Waals surface area contributed by atoms with E-state index in [0.29, 0.717) is 24.7 Å². The minimum absolute atomic E-state index is 0.207. The third kappa shape index (κ3) is 3.51. The zero-order valence-electron chi connectivity index (χ0n) is 14.2. The molecule has 1 aromatic heterocycles. The number of hydrogen-bond acceptors (Lipinski definition) is 4. The summed E-state index contributed by atoms with van der Waals surface area (Å²) in [6, 6.07) is 11.3. The third-order valence-electron chi connectivity index (χ3n) is 4.44. The Labute approximate surface area is 153 Å². The summed E-state index contributed by atoms with van der Waals surface area (Å²) < 4.78 is 32.5. The summed E-state index contributed by atoms with van der Waals surface area (Å²) in [7, 11) is 0. The molecule has 27 heavy (non-hydrogen) atoms. The summed E-state index contributed by atoms with van der Waals surface area (Å²) in [6.07, 6.45) is 1.39. The van der Waals surface area contributed by atoms with Crippen LogP contribution in [0.25, 0.3) is 11.4 Å². The van der Waals surface area contributed by atoms with E-state index in [4.69, 9.17) is 4.52 Å². The molecule has 1 atom stereocenters. The summed E-state index contributed by atoms with van der Waals surface area (Å²) in [5.41, 5.74) is 0.601. The highest BCUT2D eigenvalue weighted by atomic mass is 19.1. The Bertz CT molecular complexity index is 961. The van der Waals surface area contributed by atoms with Gasteiger partial charge in [0.25, 0.3) is 0 Å². The second-order valence-electron chi connectivity index (χ2n) is 6.23. The van der Waals surface area contributed by atoms with Gasteiger partial charge in [0, 0.05) is 18.2 Å². The average Bonchev–Trinajstić information content (AvgIpc) is 3.34. The maximum atomic E-state index is 13.8. The molecule has 0 saturated carbocycles. The van der Waals surface area contributed by atoms with Crippen LogP contribution in [-0.4, -0.2) is 27.6 Å². The van der Waals surface area contributed by atoms with Crippen molar-refractivity contribution in [3.05, 3.63) is 66.1 Å². The number of carbonyl (C=O) groups is 1. The Morgan fingerprint density at radius 2 is 2.00 bits per heavy atom. The topological polar surface area (TPSA) is 71.3 Å². The molecule has 0 unspecified atom stereocenters. The van der Waals surface area contributed by atoms with Crippen LogP contribution in [0.3, 0.4) is 0 Å². The van der Waals surface area contributed by atoms with Crippen LogP contribution in [0, 0.1) is 11.6 Å². The molecule has 2 heterocycles. The zero-order chi connectivity index (χ0) is 18.8. The van der Waals surface area contributed by atoms with Crippen molar-refractivity contribution in [1.82, 2.24) is 15.0 Å². The highest BCUT2D eigenvalue weighted by Gasteiger charge is 2.34. The van der Waals surface area contributed by atoms with Crippen LogP contribution in [0.4, 0.5) is 19.3 Å². The molecule has 1 aliphatic heterocycles. The van der Waals surface area contributed by atoms with E-state index in [2.05, 4.69) is 15.5 Å². The normalized spacial score (nSPS) is 16.5. The van der Waals surface area contributed by atoms with Crippen molar-refractivity contribution >= 4 is 11.7 Å². The average molecular weight is 370 g/mol. The van der Waals surface area contributed by atoms with Gasteiger partial charge in [-0.05, 0) is 25.0 Å². The molecule has 1 fully saturated rings. The molecular weight excluding hydrogens is 354 g/mol. The molecule has 0 aliphatic carbocycles. The lowest BCUT2D eigenvalue weighted by Crippen LogP contribution is -2.34. The summed E-state index contributed by atoms with van der Waals surface area (Å²) in [4.78, 5) is 18.5. The first kappa shape index (κ1) is 17.1. The molecule has 8 heteroatoms. The van der Waals surface area contributed by atoms with Gasteiger partial charge >= 0.3 is 6.03 Å². The van der Waals surface area contributed by atoms with Crippen LogP contribution >= 0.6 is 0 Å². The zero-order valence-corrected chi connectivity index (χ0v) is 14.2. The number of nitrogens with zero attached hydrogens (tertiary/aromatic N) is 3. The largest absolute Gasteiger partial charge is 0.337 e. The Hall–Kier alpha value is -3.29. The highest BCUT2D eigenvalue weighted by molar-refractivity contribution is 5.89. The Morgan fingerprint density at radius 1 is 1.19 bits per heavy atom. The van der Waals surface area contributed by atoms with Gasteiger partial charge < -0.3 is 14.7 Å². The van der Waals surface area contributed by atoms with E-state index in [0.717, 1.165) is 30.2 Å². The summed E-state index contributed by atoms with van der Waals surface area (Å²) >= 11 is 0. The highest BCUT2D eigenvalue weighted by Crippen LogP contribution is 2.32. The molecule has 0 bridgehead atoms. The number of nitrogens with one attached hydrogen (secondary N) is 1. The molecular formula is C19H16F2N4O2. The first-order valence-electron chi connectivity index (χ1n) is 8.53. The maximum absolute atomic E-state index is 13.8. The number of benzene rings is 2. The Balaban J connectivity index is 1.53. The van der Waals surface area contributed by atoms with Crippen molar-refractivity contribution in [1.29, 1.82) is 0 Å². The molecule has 6 nitrogen and oxygen atoms in total. The molecule has 4 rings (SSSR count). The van der Waals surface area contributed by atoms with Gasteiger partial charge in [0.05, 0.1) is 5.69 Å². The number of anilines is 1. The molecule has 0 spiro atoms. The first-order valence-corrected chi connectivity index (χ1v) is 8.53. The van der Waals surface area contributed by atoms with Crippen LogP contribution in [0.15, 0.2) is 53.1 Å². The van der Waals surface area contributed by atoms with Crippen molar-refractivity contribution < 1.29 is 18.1 Å². The molecule has 0 radical (unpaired) electrons. The standard InChI is InChI=1S/C19H16F2N4O2/c20-13-8-9-14(21)15(11-13)22-19(26)25-10-4-7-16(25)18-23-17(24-27-18)12-5-2-1-3-6-12/h1-3,5-6,8-9,11,16H,4,7,10H2,(H,22,26)/t16-/m1/s1. The minimum Gasteiger partial charge on any atom is -0.337 e. The smallest absolute Gasteiger partial charge is 0.322 e. The van der Waals surface area contributed by atoms with Crippen LogP contribution in [0.2, 0.25) is 0 Å². The lowest BCUT2D eigenvalue weighted by atomic mass is 10.2. The number of urea groups is 1. The maximum Gasteiger partial charge on any atom is 0.322 e. The predicted molar refractivity (Wildman–Crippen MR) is 93.8 cm³/mol. The van der Waals surface area contributed by atoms with Crippen LogP contribution in [0.1, 0.15) is 24.8 Å². The number of hydrogen-bond donors (Lipinski definition) is 1. The summed E-state index contributed by atoms with van der Waals surface area (Å²) in [6.45, 7) is 0.455. The van der Waals surface area contributed by atoms with Crippen molar-refractivity contribution in [2.24, 2.45) is 0 Å². The number of aromatic nitrogens is 2. The number of rotatable bonds is 3. The van der Waals surface area contributed by atoms with Gasteiger partial charge in [-0.3, -0.25) is 0 Å². The second kappa shape index (κ2) is 7.14. The van der Waals surface area contributed by atoms with Crippen LogP contribution in [0.5, 0.6) is 0 Å². The van der Waals surface area contributed by atoms with Gasteiger partial charge in [0.15, 0.2) is 0 Å². The van der Waals surface area contributed by atoms with Gasteiger partial charge in [0.2, 0.25) is 11.7 Å². The van der Waals surface area contributed by atoms with E-state index in [1.54, 1.807) is 0 Å². The van der Waals surface area contributed by atoms with E-state index in [9.17, 15) is 13.6 Å². The van der Waals surface area contributed by atoms with E-state index in [-0.39, 0.29) is 5.69 Å². The predicted octanol–water partition coefficient (Wildman–Crippen LogP) is 4.38. The number of amides is 2. The van der Waals surface area contributed by atoms with Gasteiger partial charge in [-0.1, -0.05) is 35.5 Å². The molecule has 1 N–H and O–H groups in total. The molecule has 3 aromatic rings. The quantitative estimate of drug-likeness (QED) is 0.743. The minimum atomic E-state index is -0.704. The summed E-state index contributed by atoms with van der Waals surface area (Å²) in [5.74, 6) is -0.575. The van der Waals surface area contributed by atoms with E-state index < -0.39 is 23.7 Å². The third-order valence-corrected chi connectivity index (χ3v) is 4.44. The van der Waals surface area contributed by atoms with E-state index in [1.807, 2.05) is 30.3 Å². The fraction of sp³-hybridized carbons (Fsp3) is 0.211. The van der Waals surface area contributed by atoms with Gasteiger partial charge in [-0.2, -0.15) is 4.98 Å². The van der Waals surface area contributed by atoms with E-state index in [1.165, 1.54) is 4.90 Å². The second-order valence-corrected chi connectivity index (χ2v) is 6.23. The van der Waals surface area contributed by atoms with Crippen molar-refractivity contribution in [3.8, 4) is 11.4 Å². The van der Waals surface area contributed by atoms with E-state index >= 15 is 0 Å². The van der Waals surface area contributed by atoms with Crippen molar-refractivity contribution in [2.75, 3.05) is 11.9 Å². The fourth-order valence-corrected chi connectivity index (χ4v) is 3.12. The first-order chi connectivity index (χ1) is 13.1. The Morgan fingerprint density at radius 3 is 2.81 bits per heavy atom. The summed E-state index contributed by atoms with van der Waals surface area (Å²) in [5, 5.41) is 6.39. The lowest BCUT2D eigenvalue weighted by molar-refractivity contribution is 0.193. The van der Waals surface area contributed by atoms with Crippen LogP contribution < -0.4 is 5.32 Å². The van der Waals surface area contributed by atoms with Gasteiger partial charge in [0.1, 0.15) is 17.7 Å². The number of halogens is 2. The van der Waals surface area contributed by atoms with Crippen LogP contribution in [-0.2, 0) is 0 Å². The molecule has 2 amide bonds. The number of carbonyl (C=O) groups excluding carboxylic acids is 1. The fourth-order valence-electron chi connectivity index (χ4n) is 3.12. The molecule has 138 valence electrons. The molecule has 2 aromatic carbocycles. The van der Waals surface area contributed by atoms with Gasteiger partial charge in [-0.25, -0.2) is 13.6 Å².